The Hall–Kier alpha value is -1.46. The molecule has 0 aliphatic carbocycles. The standard InChI is InChI=1S/C14H21N3O2/c1-12(13-2-5-15-6-3-13)17-10-8-16(9-11-17)7-4-14(18)19/h2-3,5-6,12H,4,7-11H2,1H3,(H,18,19). The van der Waals surface area contributed by atoms with Gasteiger partial charge in [-0.25, -0.2) is 0 Å². The lowest BCUT2D eigenvalue weighted by Crippen LogP contribution is -2.47. The van der Waals surface area contributed by atoms with Gasteiger partial charge in [-0.2, -0.15) is 0 Å². The lowest BCUT2D eigenvalue weighted by atomic mass is 10.1. The zero-order valence-electron chi connectivity index (χ0n) is 11.3. The fraction of sp³-hybridized carbons (Fsp3) is 0.571. The molecule has 19 heavy (non-hydrogen) atoms. The zero-order valence-corrected chi connectivity index (χ0v) is 11.3. The smallest absolute Gasteiger partial charge is 0.304 e. The van der Waals surface area contributed by atoms with Crippen LogP contribution in [0.25, 0.3) is 0 Å². The summed E-state index contributed by atoms with van der Waals surface area (Å²) in [6.45, 7) is 6.74. The molecule has 0 bridgehead atoms. The van der Waals surface area contributed by atoms with Gasteiger partial charge in [0.2, 0.25) is 0 Å². The highest BCUT2D eigenvalue weighted by Crippen LogP contribution is 2.20. The minimum atomic E-state index is -0.715. The molecule has 1 saturated heterocycles. The van der Waals surface area contributed by atoms with E-state index in [0.29, 0.717) is 12.6 Å². The third-order valence-electron chi connectivity index (χ3n) is 3.79. The molecule has 1 aliphatic heterocycles. The third kappa shape index (κ3) is 4.01. The molecule has 1 aliphatic rings. The van der Waals surface area contributed by atoms with E-state index < -0.39 is 5.97 Å². The predicted octanol–water partition coefficient (Wildman–Crippen LogP) is 1.23. The van der Waals surface area contributed by atoms with Crippen LogP contribution in [0.4, 0.5) is 0 Å². The van der Waals surface area contributed by atoms with Crippen LogP contribution in [-0.4, -0.2) is 58.6 Å². The number of carboxylic acids is 1. The maximum atomic E-state index is 10.6. The largest absolute Gasteiger partial charge is 0.481 e. The molecule has 5 heteroatoms. The van der Waals surface area contributed by atoms with E-state index in [1.54, 1.807) is 0 Å². The van der Waals surface area contributed by atoms with Crippen molar-refractivity contribution in [1.82, 2.24) is 14.8 Å². The number of hydrogen-bond acceptors (Lipinski definition) is 4. The van der Waals surface area contributed by atoms with E-state index >= 15 is 0 Å². The van der Waals surface area contributed by atoms with Crippen molar-refractivity contribution in [3.05, 3.63) is 30.1 Å². The van der Waals surface area contributed by atoms with Crippen LogP contribution in [0.15, 0.2) is 24.5 Å². The van der Waals surface area contributed by atoms with E-state index in [1.165, 1.54) is 5.56 Å². The summed E-state index contributed by atoms with van der Waals surface area (Å²) in [5.41, 5.74) is 1.29. The second-order valence-electron chi connectivity index (χ2n) is 4.98. The van der Waals surface area contributed by atoms with Gasteiger partial charge in [-0.15, -0.1) is 0 Å². The first-order chi connectivity index (χ1) is 9.16. The van der Waals surface area contributed by atoms with Crippen molar-refractivity contribution in [3.63, 3.8) is 0 Å². The molecule has 1 atom stereocenters. The van der Waals surface area contributed by atoms with Crippen LogP contribution >= 0.6 is 0 Å². The first kappa shape index (κ1) is 14.0. The van der Waals surface area contributed by atoms with Crippen LogP contribution in [0, 0.1) is 0 Å². The summed E-state index contributed by atoms with van der Waals surface area (Å²) in [5, 5.41) is 8.69. The molecule has 2 heterocycles. The van der Waals surface area contributed by atoms with E-state index in [0.717, 1.165) is 26.2 Å². The van der Waals surface area contributed by atoms with Gasteiger partial charge in [0, 0.05) is 51.2 Å². The summed E-state index contributed by atoms with van der Waals surface area (Å²) >= 11 is 0. The number of piperazine rings is 1. The Morgan fingerprint density at radius 2 is 1.95 bits per heavy atom. The number of nitrogens with zero attached hydrogens (tertiary/aromatic N) is 3. The highest BCUT2D eigenvalue weighted by Gasteiger charge is 2.21. The van der Waals surface area contributed by atoms with E-state index in [-0.39, 0.29) is 6.42 Å². The second-order valence-corrected chi connectivity index (χ2v) is 4.98. The first-order valence-electron chi connectivity index (χ1n) is 6.75. The fourth-order valence-electron chi connectivity index (χ4n) is 2.48. The van der Waals surface area contributed by atoms with Crippen molar-refractivity contribution in [2.45, 2.75) is 19.4 Å². The number of pyridine rings is 1. The first-order valence-corrected chi connectivity index (χ1v) is 6.75. The molecule has 0 amide bonds. The Morgan fingerprint density at radius 1 is 1.32 bits per heavy atom. The van der Waals surface area contributed by atoms with Gasteiger partial charge in [-0.05, 0) is 24.6 Å². The third-order valence-corrected chi connectivity index (χ3v) is 3.79. The lowest BCUT2D eigenvalue weighted by molar-refractivity contribution is -0.137. The van der Waals surface area contributed by atoms with Crippen molar-refractivity contribution in [2.24, 2.45) is 0 Å². The van der Waals surface area contributed by atoms with E-state index in [2.05, 4.69) is 33.8 Å². The Kier molecular flexibility index (Phi) is 4.87. The molecule has 104 valence electrons. The van der Waals surface area contributed by atoms with Crippen molar-refractivity contribution in [3.8, 4) is 0 Å². The number of hydrogen-bond donors (Lipinski definition) is 1. The Morgan fingerprint density at radius 3 is 2.53 bits per heavy atom. The molecule has 1 aromatic heterocycles. The van der Waals surface area contributed by atoms with Crippen molar-refractivity contribution >= 4 is 5.97 Å². The fourth-order valence-corrected chi connectivity index (χ4v) is 2.48. The monoisotopic (exact) mass is 263 g/mol. The number of rotatable bonds is 5. The normalized spacial score (nSPS) is 19.2. The molecule has 2 rings (SSSR count). The van der Waals surface area contributed by atoms with Gasteiger partial charge in [0.05, 0.1) is 6.42 Å². The number of carboxylic acid groups (broad SMARTS) is 1. The average molecular weight is 263 g/mol. The van der Waals surface area contributed by atoms with Crippen LogP contribution in [0.1, 0.15) is 24.9 Å². The Bertz CT molecular complexity index is 402. The maximum absolute atomic E-state index is 10.6. The quantitative estimate of drug-likeness (QED) is 0.866. The maximum Gasteiger partial charge on any atom is 0.304 e. The second kappa shape index (κ2) is 6.63. The molecule has 1 unspecified atom stereocenters. The van der Waals surface area contributed by atoms with Gasteiger partial charge in [0.1, 0.15) is 0 Å². The van der Waals surface area contributed by atoms with Crippen molar-refractivity contribution in [1.29, 1.82) is 0 Å². The predicted molar refractivity (Wildman–Crippen MR) is 72.9 cm³/mol. The molecule has 0 spiro atoms. The lowest BCUT2D eigenvalue weighted by Gasteiger charge is -2.38. The number of carbonyl (C=O) groups is 1. The number of aliphatic carboxylic acids is 1. The van der Waals surface area contributed by atoms with Gasteiger partial charge >= 0.3 is 5.97 Å². The van der Waals surface area contributed by atoms with Crippen LogP contribution in [0.3, 0.4) is 0 Å². The Balaban J connectivity index is 1.81. The zero-order chi connectivity index (χ0) is 13.7. The van der Waals surface area contributed by atoms with Crippen LogP contribution < -0.4 is 0 Å². The topological polar surface area (TPSA) is 56.7 Å². The van der Waals surface area contributed by atoms with E-state index in [9.17, 15) is 4.79 Å². The summed E-state index contributed by atoms with van der Waals surface area (Å²) in [6.07, 6.45) is 3.89. The summed E-state index contributed by atoms with van der Waals surface area (Å²) in [4.78, 5) is 19.3. The van der Waals surface area contributed by atoms with Gasteiger partial charge in [0.15, 0.2) is 0 Å². The molecule has 1 aromatic rings. The molecular formula is C14H21N3O2. The molecular weight excluding hydrogens is 242 g/mol. The molecule has 0 saturated carbocycles. The minimum absolute atomic E-state index is 0.236. The van der Waals surface area contributed by atoms with Crippen molar-refractivity contribution < 1.29 is 9.90 Å². The number of aromatic nitrogens is 1. The van der Waals surface area contributed by atoms with Gasteiger partial charge in [-0.3, -0.25) is 14.7 Å². The van der Waals surface area contributed by atoms with Gasteiger partial charge in [0.25, 0.3) is 0 Å². The molecule has 1 N–H and O–H groups in total. The summed E-state index contributed by atoms with van der Waals surface area (Å²) in [7, 11) is 0. The van der Waals surface area contributed by atoms with Gasteiger partial charge < -0.3 is 10.0 Å². The van der Waals surface area contributed by atoms with Crippen LogP contribution in [0.5, 0.6) is 0 Å². The van der Waals surface area contributed by atoms with E-state index in [4.69, 9.17) is 5.11 Å². The molecule has 5 nitrogen and oxygen atoms in total. The summed E-state index contributed by atoms with van der Waals surface area (Å²) < 4.78 is 0. The van der Waals surface area contributed by atoms with Gasteiger partial charge in [-0.1, -0.05) is 0 Å². The molecule has 0 radical (unpaired) electrons. The molecule has 0 aromatic carbocycles. The average Bonchev–Trinajstić information content (AvgIpc) is 2.46. The molecule has 1 fully saturated rings. The highest BCUT2D eigenvalue weighted by molar-refractivity contribution is 5.66. The minimum Gasteiger partial charge on any atom is -0.481 e. The Labute approximate surface area is 113 Å². The van der Waals surface area contributed by atoms with E-state index in [1.807, 2.05) is 12.4 Å². The van der Waals surface area contributed by atoms with Crippen LogP contribution in [0.2, 0.25) is 0 Å². The SMILES string of the molecule is CC(c1ccncc1)N1CCN(CCC(=O)O)CC1. The highest BCUT2D eigenvalue weighted by atomic mass is 16.4. The summed E-state index contributed by atoms with van der Waals surface area (Å²) in [5.74, 6) is -0.715. The summed E-state index contributed by atoms with van der Waals surface area (Å²) in [6, 6.07) is 4.51. The van der Waals surface area contributed by atoms with Crippen molar-refractivity contribution in [2.75, 3.05) is 32.7 Å². The van der Waals surface area contributed by atoms with Crippen LogP contribution in [-0.2, 0) is 4.79 Å².